The van der Waals surface area contributed by atoms with Gasteiger partial charge in [0.05, 0.1) is 5.69 Å². The maximum atomic E-state index is 5.97. The van der Waals surface area contributed by atoms with Crippen molar-refractivity contribution >= 4 is 23.5 Å². The number of aromatic nitrogens is 2. The molecule has 4 heteroatoms. The fourth-order valence-corrected chi connectivity index (χ4v) is 1.73. The Morgan fingerprint density at radius 2 is 2.12 bits per heavy atom. The summed E-state index contributed by atoms with van der Waals surface area (Å²) in [5, 5.41) is 0.419. The van der Waals surface area contributed by atoms with Crippen LogP contribution in [-0.2, 0) is 0 Å². The molecule has 0 aliphatic rings. The summed E-state index contributed by atoms with van der Waals surface area (Å²) in [6.45, 7) is 8.43. The normalized spacial score (nSPS) is 13.6. The number of rotatable bonds is 4. The summed E-state index contributed by atoms with van der Waals surface area (Å²) in [5.74, 6) is 1.05. The highest BCUT2D eigenvalue weighted by Gasteiger charge is 2.09. The molecule has 3 nitrogen and oxygen atoms in total. The van der Waals surface area contributed by atoms with Crippen LogP contribution in [-0.4, -0.2) is 16.2 Å². The van der Waals surface area contributed by atoms with E-state index in [0.29, 0.717) is 22.7 Å². The molecule has 0 aliphatic heterocycles. The molecule has 0 radical (unpaired) electrons. The first-order valence-electron chi connectivity index (χ1n) is 5.57. The summed E-state index contributed by atoms with van der Waals surface area (Å²) >= 11 is 5.97. The molecule has 1 rings (SSSR count). The van der Waals surface area contributed by atoms with E-state index in [-0.39, 0.29) is 0 Å². The molecule has 0 fully saturated rings. The van der Waals surface area contributed by atoms with Crippen LogP contribution in [0.4, 0.5) is 5.69 Å². The Hall–Kier alpha value is -0.960. The van der Waals surface area contributed by atoms with Crippen LogP contribution >= 0.6 is 11.6 Å². The van der Waals surface area contributed by atoms with Crippen LogP contribution in [0.15, 0.2) is 11.3 Å². The Morgan fingerprint density at radius 3 is 2.62 bits per heavy atom. The van der Waals surface area contributed by atoms with Crippen LogP contribution in [0.25, 0.3) is 0 Å². The molecule has 0 N–H and O–H groups in total. The third-order valence-corrected chi connectivity index (χ3v) is 2.96. The van der Waals surface area contributed by atoms with E-state index in [1.807, 2.05) is 13.1 Å². The van der Waals surface area contributed by atoms with Gasteiger partial charge >= 0.3 is 0 Å². The predicted molar refractivity (Wildman–Crippen MR) is 68.6 cm³/mol. The molecule has 0 spiro atoms. The molecule has 0 saturated carbocycles. The molecule has 0 aromatic carbocycles. The molecule has 1 atom stereocenters. The van der Waals surface area contributed by atoms with E-state index in [1.165, 1.54) is 6.33 Å². The van der Waals surface area contributed by atoms with Crippen LogP contribution in [0, 0.1) is 18.8 Å². The Bertz CT molecular complexity index is 354. The van der Waals surface area contributed by atoms with Crippen molar-refractivity contribution in [3.63, 3.8) is 0 Å². The second-order valence-corrected chi connectivity index (χ2v) is 4.55. The van der Waals surface area contributed by atoms with E-state index < -0.39 is 0 Å². The van der Waals surface area contributed by atoms with Crippen LogP contribution < -0.4 is 0 Å². The summed E-state index contributed by atoms with van der Waals surface area (Å²) < 4.78 is 0. The van der Waals surface area contributed by atoms with Crippen molar-refractivity contribution in [2.75, 3.05) is 0 Å². The number of aliphatic imine (C=N–C) groups is 1. The molecule has 0 saturated heterocycles. The third-order valence-electron chi connectivity index (χ3n) is 2.68. The summed E-state index contributed by atoms with van der Waals surface area (Å²) in [6.07, 6.45) is 4.49. The summed E-state index contributed by atoms with van der Waals surface area (Å²) in [7, 11) is 0. The maximum Gasteiger partial charge on any atom is 0.158 e. The molecule has 88 valence electrons. The molecular weight excluding hydrogens is 222 g/mol. The minimum atomic E-state index is 0.419. The van der Waals surface area contributed by atoms with Crippen LogP contribution in [0.2, 0.25) is 5.15 Å². The molecule has 0 bridgehead atoms. The minimum Gasteiger partial charge on any atom is -0.256 e. The lowest BCUT2D eigenvalue weighted by atomic mass is 9.95. The summed E-state index contributed by atoms with van der Waals surface area (Å²) in [5.41, 5.74) is 1.50. The largest absolute Gasteiger partial charge is 0.256 e. The fourth-order valence-electron chi connectivity index (χ4n) is 1.50. The Labute approximate surface area is 102 Å². The smallest absolute Gasteiger partial charge is 0.158 e. The Balaban J connectivity index is 2.91. The van der Waals surface area contributed by atoms with Gasteiger partial charge in [0.25, 0.3) is 0 Å². The summed E-state index contributed by atoms with van der Waals surface area (Å²) in [4.78, 5) is 12.4. The predicted octanol–water partition coefficient (Wildman–Crippen LogP) is 3.82. The highest BCUT2D eigenvalue weighted by atomic mass is 35.5. The minimum absolute atomic E-state index is 0.419. The van der Waals surface area contributed by atoms with Crippen LogP contribution in [0.3, 0.4) is 0 Å². The van der Waals surface area contributed by atoms with Crippen molar-refractivity contribution in [3.05, 3.63) is 17.2 Å². The number of hydrogen-bond acceptors (Lipinski definition) is 3. The molecule has 1 aromatic heterocycles. The first-order valence-corrected chi connectivity index (χ1v) is 5.95. The average molecular weight is 240 g/mol. The number of nitrogens with zero attached hydrogens (tertiary/aromatic N) is 3. The first-order chi connectivity index (χ1) is 7.56. The van der Waals surface area contributed by atoms with Crippen LogP contribution in [0.1, 0.15) is 32.9 Å². The topological polar surface area (TPSA) is 38.1 Å². The Kier molecular flexibility index (Phi) is 4.87. The molecule has 1 heterocycles. The number of hydrogen-bond donors (Lipinski definition) is 0. The zero-order chi connectivity index (χ0) is 12.1. The van der Waals surface area contributed by atoms with Gasteiger partial charge in [-0.1, -0.05) is 32.4 Å². The molecule has 0 aliphatic carbocycles. The van der Waals surface area contributed by atoms with Gasteiger partial charge in [0.1, 0.15) is 12.0 Å². The number of aryl methyl sites for hydroxylation is 1. The van der Waals surface area contributed by atoms with E-state index in [0.717, 1.165) is 12.1 Å². The zero-order valence-corrected chi connectivity index (χ0v) is 11.0. The highest BCUT2D eigenvalue weighted by molar-refractivity contribution is 6.31. The van der Waals surface area contributed by atoms with Gasteiger partial charge in [-0.2, -0.15) is 0 Å². The van der Waals surface area contributed by atoms with Gasteiger partial charge in [0.2, 0.25) is 0 Å². The van der Waals surface area contributed by atoms with E-state index in [1.54, 1.807) is 0 Å². The van der Waals surface area contributed by atoms with Gasteiger partial charge in [-0.3, -0.25) is 4.99 Å². The van der Waals surface area contributed by atoms with E-state index >= 15 is 0 Å². The van der Waals surface area contributed by atoms with Gasteiger partial charge in [-0.15, -0.1) is 0 Å². The average Bonchev–Trinajstić information content (AvgIpc) is 2.22. The van der Waals surface area contributed by atoms with Crippen molar-refractivity contribution in [3.8, 4) is 0 Å². The van der Waals surface area contributed by atoms with Crippen molar-refractivity contribution in [2.45, 2.75) is 34.1 Å². The van der Waals surface area contributed by atoms with Crippen molar-refractivity contribution in [1.29, 1.82) is 0 Å². The molecule has 1 aromatic rings. The van der Waals surface area contributed by atoms with Gasteiger partial charge in [-0.05, 0) is 25.2 Å². The van der Waals surface area contributed by atoms with E-state index in [2.05, 4.69) is 35.7 Å². The summed E-state index contributed by atoms with van der Waals surface area (Å²) in [6, 6.07) is 0. The molecular formula is C12H18ClN3. The molecule has 16 heavy (non-hydrogen) atoms. The number of halogens is 1. The first kappa shape index (κ1) is 13.1. The van der Waals surface area contributed by atoms with Crippen LogP contribution in [0.5, 0.6) is 0 Å². The molecule has 0 amide bonds. The monoisotopic (exact) mass is 239 g/mol. The van der Waals surface area contributed by atoms with Crippen molar-refractivity contribution in [2.24, 2.45) is 16.8 Å². The SMILES string of the molecule is CCC(/C=N\c1c(C)ncnc1Cl)C(C)C. The fraction of sp³-hybridized carbons (Fsp3) is 0.583. The quantitative estimate of drug-likeness (QED) is 0.592. The highest BCUT2D eigenvalue weighted by Crippen LogP contribution is 2.25. The van der Waals surface area contributed by atoms with Crippen molar-refractivity contribution in [1.82, 2.24) is 9.97 Å². The molecule has 1 unspecified atom stereocenters. The maximum absolute atomic E-state index is 5.97. The standard InChI is InChI=1S/C12H18ClN3/c1-5-10(8(2)3)6-14-11-9(4)15-7-16-12(11)13/h6-8,10H,5H2,1-4H3/b14-6-. The van der Waals surface area contributed by atoms with Gasteiger partial charge in [-0.25, -0.2) is 9.97 Å². The van der Waals surface area contributed by atoms with Gasteiger partial charge < -0.3 is 0 Å². The Morgan fingerprint density at radius 1 is 1.44 bits per heavy atom. The third kappa shape index (κ3) is 3.27. The lowest BCUT2D eigenvalue weighted by molar-refractivity contribution is 0.489. The van der Waals surface area contributed by atoms with E-state index in [4.69, 9.17) is 11.6 Å². The lowest BCUT2D eigenvalue weighted by Gasteiger charge is -2.13. The van der Waals surface area contributed by atoms with Gasteiger partial charge in [0.15, 0.2) is 5.15 Å². The second kappa shape index (κ2) is 5.94. The van der Waals surface area contributed by atoms with E-state index in [9.17, 15) is 0 Å². The zero-order valence-electron chi connectivity index (χ0n) is 10.2. The van der Waals surface area contributed by atoms with Gasteiger partial charge in [0, 0.05) is 6.21 Å². The lowest BCUT2D eigenvalue weighted by Crippen LogP contribution is -2.08. The van der Waals surface area contributed by atoms with Crippen molar-refractivity contribution < 1.29 is 0 Å². The second-order valence-electron chi connectivity index (χ2n) is 4.19.